The van der Waals surface area contributed by atoms with Crippen molar-refractivity contribution in [1.29, 1.82) is 0 Å². The topological polar surface area (TPSA) is 6.48 Å². The highest BCUT2D eigenvalue weighted by Crippen LogP contribution is 2.65. The molecule has 1 unspecified atom stereocenters. The van der Waals surface area contributed by atoms with Crippen LogP contribution in [0.2, 0.25) is 0 Å². The van der Waals surface area contributed by atoms with Gasteiger partial charge in [-0.3, -0.25) is 0 Å². The molecule has 3 aliphatic rings. The molecule has 1 spiro atoms. The zero-order chi connectivity index (χ0) is 44.0. The highest BCUT2D eigenvalue weighted by Gasteiger charge is 2.52. The Morgan fingerprint density at radius 2 is 0.636 bits per heavy atom. The number of benzene rings is 10. The maximum absolute atomic E-state index is 2.54. The van der Waals surface area contributed by atoms with Gasteiger partial charge in [-0.05, 0) is 139 Å². The summed E-state index contributed by atoms with van der Waals surface area (Å²) in [4.78, 5) is 5.04. The number of hydrogen-bond donors (Lipinski definition) is 0. The SMILES string of the molecule is CC1(C)c2ccccc2-c2ccc(N3c4ccccc4C4(c5ccccc5N(c5ccc(-c6ccccc6)cc5)c5ccc(-c6ccccc6)cc54)c4cc(-c5ccccc5)ccc43)cc21. The molecule has 2 heterocycles. The molecular weight excluding hydrogens is 797 g/mol. The van der Waals surface area contributed by atoms with E-state index in [4.69, 9.17) is 0 Å². The van der Waals surface area contributed by atoms with Crippen molar-refractivity contribution < 1.29 is 0 Å². The van der Waals surface area contributed by atoms with Crippen LogP contribution in [0.4, 0.5) is 34.1 Å². The molecule has 66 heavy (non-hydrogen) atoms. The number of para-hydroxylation sites is 2. The van der Waals surface area contributed by atoms with Crippen molar-refractivity contribution in [3.05, 3.63) is 276 Å². The van der Waals surface area contributed by atoms with Gasteiger partial charge < -0.3 is 9.80 Å². The molecule has 0 bridgehead atoms. The molecule has 0 saturated carbocycles. The molecule has 10 aromatic rings. The first-order valence-corrected chi connectivity index (χ1v) is 23.1. The lowest BCUT2D eigenvalue weighted by atomic mass is 9.59. The summed E-state index contributed by atoms with van der Waals surface area (Å²) in [6.45, 7) is 4.75. The zero-order valence-corrected chi connectivity index (χ0v) is 37.0. The van der Waals surface area contributed by atoms with Crippen molar-refractivity contribution in [1.82, 2.24) is 0 Å². The molecule has 0 saturated heterocycles. The number of rotatable bonds is 5. The van der Waals surface area contributed by atoms with E-state index in [1.807, 2.05) is 0 Å². The van der Waals surface area contributed by atoms with Crippen molar-refractivity contribution in [3.8, 4) is 44.5 Å². The van der Waals surface area contributed by atoms with Crippen LogP contribution in [0, 0.1) is 0 Å². The van der Waals surface area contributed by atoms with Gasteiger partial charge in [-0.15, -0.1) is 0 Å². The third-order valence-corrected chi connectivity index (χ3v) is 14.7. The Balaban J connectivity index is 1.11. The Labute approximate surface area is 387 Å². The van der Waals surface area contributed by atoms with Gasteiger partial charge in [0, 0.05) is 16.8 Å². The van der Waals surface area contributed by atoms with Gasteiger partial charge in [-0.1, -0.05) is 196 Å². The van der Waals surface area contributed by atoms with Crippen molar-refractivity contribution >= 4 is 34.1 Å². The van der Waals surface area contributed by atoms with Crippen LogP contribution >= 0.6 is 0 Å². The molecule has 10 aromatic carbocycles. The Hall–Kier alpha value is -8.20. The van der Waals surface area contributed by atoms with E-state index in [0.29, 0.717) is 0 Å². The lowest BCUT2D eigenvalue weighted by Gasteiger charge is -2.51. The van der Waals surface area contributed by atoms with E-state index >= 15 is 0 Å². The monoisotopic (exact) mass is 842 g/mol. The summed E-state index contributed by atoms with van der Waals surface area (Å²) >= 11 is 0. The first kappa shape index (κ1) is 38.3. The summed E-state index contributed by atoms with van der Waals surface area (Å²) in [5.41, 5.74) is 23.7. The lowest BCUT2D eigenvalue weighted by molar-refractivity contribution is 0.660. The number of hydrogen-bond acceptors (Lipinski definition) is 2. The Morgan fingerprint density at radius 3 is 1.18 bits per heavy atom. The summed E-state index contributed by atoms with van der Waals surface area (Å²) in [5.74, 6) is 0. The molecule has 312 valence electrons. The fraction of sp³-hybridized carbons (Fsp3) is 0.0625. The van der Waals surface area contributed by atoms with Crippen molar-refractivity contribution in [3.63, 3.8) is 0 Å². The highest BCUT2D eigenvalue weighted by atomic mass is 15.2. The van der Waals surface area contributed by atoms with Crippen molar-refractivity contribution in [2.45, 2.75) is 24.7 Å². The first-order chi connectivity index (χ1) is 32.5. The summed E-state index contributed by atoms with van der Waals surface area (Å²) in [5, 5.41) is 0. The van der Waals surface area contributed by atoms with Gasteiger partial charge in [0.25, 0.3) is 0 Å². The second kappa shape index (κ2) is 14.7. The molecule has 0 radical (unpaired) electrons. The van der Waals surface area contributed by atoms with Gasteiger partial charge >= 0.3 is 0 Å². The summed E-state index contributed by atoms with van der Waals surface area (Å²) < 4.78 is 0. The standard InChI is InChI=1S/C64H46N2/c1-63(2)53-25-13-12-24-51(53)52-37-36-50(42-56(52)63)66-60-29-17-15-27-55(60)64(58-41-48(33-39-62(58)66)45-22-10-5-11-23-45)54-26-14-16-28-59(54)65(49-34-30-46(31-35-49)43-18-6-3-7-19-43)61-38-32-47(40-57(61)64)44-20-8-4-9-21-44/h3-42H,1-2H3. The summed E-state index contributed by atoms with van der Waals surface area (Å²) in [6.07, 6.45) is 0. The van der Waals surface area contributed by atoms with Gasteiger partial charge in [0.05, 0.1) is 28.2 Å². The number of fused-ring (bicyclic) bond motifs is 11. The maximum Gasteiger partial charge on any atom is 0.0783 e. The first-order valence-electron chi connectivity index (χ1n) is 23.1. The van der Waals surface area contributed by atoms with Crippen LogP contribution in [-0.4, -0.2) is 0 Å². The van der Waals surface area contributed by atoms with Crippen LogP contribution < -0.4 is 9.80 Å². The van der Waals surface area contributed by atoms with Crippen LogP contribution in [-0.2, 0) is 10.8 Å². The van der Waals surface area contributed by atoms with Crippen LogP contribution in [0.25, 0.3) is 44.5 Å². The minimum atomic E-state index is -0.712. The number of anilines is 6. The van der Waals surface area contributed by atoms with Crippen LogP contribution in [0.3, 0.4) is 0 Å². The Bertz CT molecular complexity index is 3500. The average molecular weight is 843 g/mol. The molecule has 0 amide bonds. The normalized spacial score (nSPS) is 15.8. The summed E-state index contributed by atoms with van der Waals surface area (Å²) in [7, 11) is 0. The van der Waals surface area contributed by atoms with E-state index in [1.165, 1.54) is 95.0 Å². The van der Waals surface area contributed by atoms with Crippen molar-refractivity contribution in [2.75, 3.05) is 9.80 Å². The third kappa shape index (κ3) is 5.55. The van der Waals surface area contributed by atoms with E-state index in [0.717, 1.165) is 17.1 Å². The lowest BCUT2D eigenvalue weighted by Crippen LogP contribution is -2.42. The fourth-order valence-electron chi connectivity index (χ4n) is 11.6. The van der Waals surface area contributed by atoms with Gasteiger partial charge in [-0.2, -0.15) is 0 Å². The number of nitrogens with zero attached hydrogens (tertiary/aromatic N) is 2. The van der Waals surface area contributed by atoms with Crippen molar-refractivity contribution in [2.24, 2.45) is 0 Å². The van der Waals surface area contributed by atoms with Gasteiger partial charge in [0.1, 0.15) is 0 Å². The van der Waals surface area contributed by atoms with E-state index in [2.05, 4.69) is 266 Å². The largest absolute Gasteiger partial charge is 0.310 e. The smallest absolute Gasteiger partial charge is 0.0783 e. The molecule has 2 aliphatic heterocycles. The second-order valence-electron chi connectivity index (χ2n) is 18.5. The quantitative estimate of drug-likeness (QED) is 0.170. The minimum Gasteiger partial charge on any atom is -0.310 e. The Morgan fingerprint density at radius 1 is 0.258 bits per heavy atom. The predicted octanol–water partition coefficient (Wildman–Crippen LogP) is 16.9. The average Bonchev–Trinajstić information content (AvgIpc) is 3.62. The Kier molecular flexibility index (Phi) is 8.51. The van der Waals surface area contributed by atoms with Crippen LogP contribution in [0.1, 0.15) is 47.2 Å². The van der Waals surface area contributed by atoms with Gasteiger partial charge in [-0.25, -0.2) is 0 Å². The second-order valence-corrected chi connectivity index (χ2v) is 18.5. The molecule has 13 rings (SSSR count). The van der Waals surface area contributed by atoms with E-state index in [1.54, 1.807) is 0 Å². The van der Waals surface area contributed by atoms with E-state index in [9.17, 15) is 0 Å². The van der Waals surface area contributed by atoms with E-state index < -0.39 is 5.41 Å². The van der Waals surface area contributed by atoms with Gasteiger partial charge in [0.2, 0.25) is 0 Å². The van der Waals surface area contributed by atoms with Crippen LogP contribution in [0.5, 0.6) is 0 Å². The van der Waals surface area contributed by atoms with E-state index in [-0.39, 0.29) is 5.41 Å². The molecule has 2 heteroatoms. The maximum atomic E-state index is 2.54. The summed E-state index contributed by atoms with van der Waals surface area (Å²) in [6, 6.07) is 90.4. The predicted molar refractivity (Wildman–Crippen MR) is 275 cm³/mol. The molecule has 0 aromatic heterocycles. The minimum absolute atomic E-state index is 0.143. The van der Waals surface area contributed by atoms with Crippen LogP contribution in [0.15, 0.2) is 243 Å². The molecule has 1 aliphatic carbocycles. The fourth-order valence-corrected chi connectivity index (χ4v) is 11.6. The molecule has 2 nitrogen and oxygen atoms in total. The molecule has 0 N–H and O–H groups in total. The molecular formula is C64H46N2. The zero-order valence-electron chi connectivity index (χ0n) is 37.0. The highest BCUT2D eigenvalue weighted by molar-refractivity contribution is 5.99. The molecule has 0 fully saturated rings. The third-order valence-electron chi connectivity index (χ3n) is 14.7. The van der Waals surface area contributed by atoms with Gasteiger partial charge in [0.15, 0.2) is 0 Å². The molecule has 1 atom stereocenters.